The van der Waals surface area contributed by atoms with Crippen LogP contribution in [-0.4, -0.2) is 24.7 Å². The molecule has 0 unspecified atom stereocenters. The van der Waals surface area contributed by atoms with Crippen LogP contribution in [0.15, 0.2) is 46.0 Å². The Balaban J connectivity index is 2.13. The van der Waals surface area contributed by atoms with Crippen LogP contribution in [0.4, 0.5) is 5.69 Å². The van der Waals surface area contributed by atoms with Gasteiger partial charge in [0.05, 0.1) is 6.20 Å². The van der Waals surface area contributed by atoms with E-state index in [9.17, 15) is 8.42 Å². The van der Waals surface area contributed by atoms with Gasteiger partial charge in [-0.25, -0.2) is 8.42 Å². The number of rotatable bonds is 6. The number of nitrogens with one attached hydrogen (secondary N) is 1. The van der Waals surface area contributed by atoms with Crippen molar-refractivity contribution in [2.45, 2.75) is 17.9 Å². The van der Waals surface area contributed by atoms with E-state index in [2.05, 4.69) is 25.8 Å². The van der Waals surface area contributed by atoms with Crippen LogP contribution in [0.5, 0.6) is 0 Å². The van der Waals surface area contributed by atoms with Gasteiger partial charge in [-0.05, 0) is 37.2 Å². The summed E-state index contributed by atoms with van der Waals surface area (Å²) in [6.07, 6.45) is 3.58. The number of halogens is 1. The average molecular weight is 359 g/mol. The van der Waals surface area contributed by atoms with Crippen LogP contribution in [0.25, 0.3) is 0 Å². The molecule has 2 rings (SSSR count). The molecule has 6 nitrogen and oxygen atoms in total. The Labute approximate surface area is 126 Å². The van der Waals surface area contributed by atoms with Crippen molar-refractivity contribution in [3.63, 3.8) is 0 Å². The van der Waals surface area contributed by atoms with Gasteiger partial charge in [0.25, 0.3) is 10.0 Å². The van der Waals surface area contributed by atoms with E-state index in [1.165, 1.54) is 12.4 Å². The fraction of sp³-hybridized carbons (Fsp3) is 0.250. The van der Waals surface area contributed by atoms with E-state index in [4.69, 9.17) is 5.73 Å². The van der Waals surface area contributed by atoms with Gasteiger partial charge in [-0.15, -0.1) is 0 Å². The molecule has 0 fully saturated rings. The van der Waals surface area contributed by atoms with Crippen molar-refractivity contribution < 1.29 is 8.42 Å². The fourth-order valence-electron chi connectivity index (χ4n) is 1.59. The Bertz CT molecular complexity index is 667. The van der Waals surface area contributed by atoms with Gasteiger partial charge in [-0.2, -0.15) is 5.10 Å². The minimum absolute atomic E-state index is 0.137. The van der Waals surface area contributed by atoms with Crippen molar-refractivity contribution in [1.82, 2.24) is 9.78 Å². The maximum absolute atomic E-state index is 12.2. The lowest BCUT2D eigenvalue weighted by molar-refractivity contribution is 0.582. The maximum atomic E-state index is 12.2. The molecule has 0 aliphatic heterocycles. The molecule has 0 amide bonds. The van der Waals surface area contributed by atoms with Crippen molar-refractivity contribution in [1.29, 1.82) is 0 Å². The number of nitrogens with two attached hydrogens (primary N) is 1. The molecule has 108 valence electrons. The second-order valence-corrected chi connectivity index (χ2v) is 6.79. The van der Waals surface area contributed by atoms with Gasteiger partial charge in [0.1, 0.15) is 4.90 Å². The van der Waals surface area contributed by atoms with Crippen LogP contribution in [0.3, 0.4) is 0 Å². The Morgan fingerprint density at radius 3 is 2.65 bits per heavy atom. The van der Waals surface area contributed by atoms with Crippen LogP contribution in [-0.2, 0) is 16.6 Å². The van der Waals surface area contributed by atoms with Crippen molar-refractivity contribution in [3.05, 3.63) is 41.1 Å². The molecule has 0 spiro atoms. The lowest BCUT2D eigenvalue weighted by Crippen LogP contribution is -2.12. The topological polar surface area (TPSA) is 90.0 Å². The maximum Gasteiger partial charge on any atom is 0.265 e. The summed E-state index contributed by atoms with van der Waals surface area (Å²) < 4.78 is 29.3. The van der Waals surface area contributed by atoms with Crippen LogP contribution in [0, 0.1) is 0 Å². The van der Waals surface area contributed by atoms with Crippen molar-refractivity contribution in [3.8, 4) is 0 Å². The predicted molar refractivity (Wildman–Crippen MR) is 80.8 cm³/mol. The van der Waals surface area contributed by atoms with Crippen LogP contribution in [0.2, 0.25) is 0 Å². The molecule has 1 aromatic carbocycles. The standard InChI is InChI=1S/C12H15BrN4O2S/c13-10-2-4-11(5-3-10)16-20(18,19)12-8-15-17(9-12)7-1-6-14/h2-5,8-9,16H,1,6-7,14H2. The third-order valence-corrected chi connectivity index (χ3v) is 4.47. The first-order chi connectivity index (χ1) is 9.51. The number of anilines is 1. The Kier molecular flexibility index (Phi) is 4.79. The predicted octanol–water partition coefficient (Wildman–Crippen LogP) is 1.80. The zero-order valence-corrected chi connectivity index (χ0v) is 13.1. The lowest BCUT2D eigenvalue weighted by atomic mass is 10.3. The smallest absolute Gasteiger partial charge is 0.265 e. The van der Waals surface area contributed by atoms with Crippen molar-refractivity contribution >= 4 is 31.6 Å². The molecule has 1 aromatic heterocycles. The molecule has 3 N–H and O–H groups in total. The first-order valence-electron chi connectivity index (χ1n) is 6.02. The molecule has 0 aliphatic rings. The highest BCUT2D eigenvalue weighted by Crippen LogP contribution is 2.18. The van der Waals surface area contributed by atoms with E-state index in [1.807, 2.05) is 0 Å². The summed E-state index contributed by atoms with van der Waals surface area (Å²) in [6, 6.07) is 6.89. The molecule has 0 saturated heterocycles. The van der Waals surface area contributed by atoms with E-state index in [-0.39, 0.29) is 4.90 Å². The molecule has 0 atom stereocenters. The van der Waals surface area contributed by atoms with E-state index < -0.39 is 10.0 Å². The third-order valence-electron chi connectivity index (χ3n) is 2.61. The monoisotopic (exact) mass is 358 g/mol. The van der Waals surface area contributed by atoms with Crippen molar-refractivity contribution in [2.75, 3.05) is 11.3 Å². The van der Waals surface area contributed by atoms with Crippen LogP contribution < -0.4 is 10.5 Å². The lowest BCUT2D eigenvalue weighted by Gasteiger charge is -2.05. The third kappa shape index (κ3) is 3.81. The minimum atomic E-state index is -3.61. The van der Waals surface area contributed by atoms with Crippen LogP contribution >= 0.6 is 15.9 Å². The SMILES string of the molecule is NCCCn1cc(S(=O)(=O)Nc2ccc(Br)cc2)cn1. The van der Waals surface area contributed by atoms with Gasteiger partial charge in [-0.1, -0.05) is 15.9 Å². The van der Waals surface area contributed by atoms with E-state index in [0.29, 0.717) is 18.8 Å². The molecule has 1 heterocycles. The molecule has 0 bridgehead atoms. The molecule has 0 saturated carbocycles. The first-order valence-corrected chi connectivity index (χ1v) is 8.30. The van der Waals surface area contributed by atoms with Gasteiger partial charge in [-0.3, -0.25) is 9.40 Å². The summed E-state index contributed by atoms with van der Waals surface area (Å²) >= 11 is 3.30. The summed E-state index contributed by atoms with van der Waals surface area (Å²) in [6.45, 7) is 1.14. The quantitative estimate of drug-likeness (QED) is 0.823. The number of hydrogen-bond acceptors (Lipinski definition) is 4. The number of hydrogen-bond donors (Lipinski definition) is 2. The molecule has 20 heavy (non-hydrogen) atoms. The number of nitrogens with zero attached hydrogens (tertiary/aromatic N) is 2. The molecule has 0 radical (unpaired) electrons. The van der Waals surface area contributed by atoms with Crippen LogP contribution in [0.1, 0.15) is 6.42 Å². The number of benzene rings is 1. The summed E-state index contributed by atoms with van der Waals surface area (Å²) in [5, 5.41) is 4.01. The zero-order valence-electron chi connectivity index (χ0n) is 10.7. The normalized spacial score (nSPS) is 11.5. The largest absolute Gasteiger partial charge is 0.330 e. The summed E-state index contributed by atoms with van der Waals surface area (Å²) in [5.74, 6) is 0. The van der Waals surface area contributed by atoms with Gasteiger partial charge >= 0.3 is 0 Å². The second-order valence-electron chi connectivity index (χ2n) is 4.19. The number of aryl methyl sites for hydroxylation is 1. The molecule has 0 aliphatic carbocycles. The van der Waals surface area contributed by atoms with Gasteiger partial charge in [0, 0.05) is 22.9 Å². The Morgan fingerprint density at radius 1 is 1.30 bits per heavy atom. The highest BCUT2D eigenvalue weighted by molar-refractivity contribution is 9.10. The summed E-state index contributed by atoms with van der Waals surface area (Å²) in [7, 11) is -3.61. The molecule has 8 heteroatoms. The highest BCUT2D eigenvalue weighted by Gasteiger charge is 2.16. The van der Waals surface area contributed by atoms with Crippen molar-refractivity contribution in [2.24, 2.45) is 5.73 Å². The van der Waals surface area contributed by atoms with E-state index in [0.717, 1.165) is 10.9 Å². The fourth-order valence-corrected chi connectivity index (χ4v) is 2.87. The Hall–Kier alpha value is -1.38. The minimum Gasteiger partial charge on any atom is -0.330 e. The molecule has 2 aromatic rings. The highest BCUT2D eigenvalue weighted by atomic mass is 79.9. The zero-order chi connectivity index (χ0) is 14.6. The number of sulfonamides is 1. The Morgan fingerprint density at radius 2 is 2.00 bits per heavy atom. The van der Waals surface area contributed by atoms with Gasteiger partial charge in [0.15, 0.2) is 0 Å². The van der Waals surface area contributed by atoms with Gasteiger partial charge in [0.2, 0.25) is 0 Å². The summed E-state index contributed by atoms with van der Waals surface area (Å²) in [5.41, 5.74) is 5.91. The number of aromatic nitrogens is 2. The molecular formula is C12H15BrN4O2S. The summed E-state index contributed by atoms with van der Waals surface area (Å²) in [4.78, 5) is 0.137. The first kappa shape index (κ1) is 15.0. The average Bonchev–Trinajstić information content (AvgIpc) is 2.88. The van der Waals surface area contributed by atoms with E-state index in [1.54, 1.807) is 28.9 Å². The second kappa shape index (κ2) is 6.38. The van der Waals surface area contributed by atoms with Gasteiger partial charge < -0.3 is 5.73 Å². The van der Waals surface area contributed by atoms with E-state index >= 15 is 0 Å². The molecular weight excluding hydrogens is 344 g/mol.